The molecule has 0 saturated carbocycles. The van der Waals surface area contributed by atoms with Crippen LogP contribution in [0.3, 0.4) is 0 Å². The molecule has 6 heteroatoms. The number of hydrogen-bond acceptors (Lipinski definition) is 4. The van der Waals surface area contributed by atoms with Gasteiger partial charge in [-0.15, -0.1) is 0 Å². The number of nitrogens with two attached hydrogens (primary N) is 1. The van der Waals surface area contributed by atoms with Crippen LogP contribution in [0.5, 0.6) is 0 Å². The van der Waals surface area contributed by atoms with Crippen LogP contribution in [0.1, 0.15) is 21.5 Å². The summed E-state index contributed by atoms with van der Waals surface area (Å²) in [5, 5.41) is 12.1. The number of hydrazine groups is 1. The lowest BCUT2D eigenvalue weighted by Crippen LogP contribution is -2.24. The standard InChI is InChI=1S/C15H13ClN4O/c16-12-4-5-14(20-18)13(7-12)15(21)19-9-11-3-1-2-10(6-11)8-17/h1-7,20H,9,18H2,(H,19,21). The maximum Gasteiger partial charge on any atom is 0.253 e. The van der Waals surface area contributed by atoms with E-state index in [4.69, 9.17) is 22.7 Å². The number of halogens is 1. The lowest BCUT2D eigenvalue weighted by atomic mass is 10.1. The fourth-order valence-corrected chi connectivity index (χ4v) is 2.03. The summed E-state index contributed by atoms with van der Waals surface area (Å²) in [4.78, 5) is 12.2. The molecule has 0 heterocycles. The molecule has 0 spiro atoms. The van der Waals surface area contributed by atoms with Crippen molar-refractivity contribution in [2.45, 2.75) is 6.54 Å². The van der Waals surface area contributed by atoms with E-state index in [1.165, 1.54) is 6.07 Å². The topological polar surface area (TPSA) is 90.9 Å². The van der Waals surface area contributed by atoms with E-state index in [9.17, 15) is 4.79 Å². The molecule has 2 rings (SSSR count). The van der Waals surface area contributed by atoms with Gasteiger partial charge in [0.05, 0.1) is 22.9 Å². The van der Waals surface area contributed by atoms with Crippen molar-refractivity contribution in [3.05, 3.63) is 64.2 Å². The Hall–Kier alpha value is -2.55. The van der Waals surface area contributed by atoms with Gasteiger partial charge in [0.25, 0.3) is 5.91 Å². The highest BCUT2D eigenvalue weighted by Gasteiger charge is 2.11. The minimum absolute atomic E-state index is 0.298. The molecule has 106 valence electrons. The largest absolute Gasteiger partial charge is 0.348 e. The molecule has 0 atom stereocenters. The molecule has 0 fully saturated rings. The highest BCUT2D eigenvalue weighted by atomic mass is 35.5. The third-order valence-corrected chi connectivity index (χ3v) is 3.13. The van der Waals surface area contributed by atoms with Crippen LogP contribution in [-0.2, 0) is 6.54 Å². The Bertz CT molecular complexity index is 709. The number of anilines is 1. The molecule has 0 aliphatic rings. The van der Waals surface area contributed by atoms with Crippen molar-refractivity contribution < 1.29 is 4.79 Å². The summed E-state index contributed by atoms with van der Waals surface area (Å²) in [6, 6.07) is 13.9. The Morgan fingerprint density at radius 3 is 2.81 bits per heavy atom. The number of nitrogens with one attached hydrogen (secondary N) is 2. The van der Waals surface area contributed by atoms with E-state index in [0.717, 1.165) is 5.56 Å². The van der Waals surface area contributed by atoms with Gasteiger partial charge in [0.15, 0.2) is 0 Å². The number of carbonyl (C=O) groups is 1. The Balaban J connectivity index is 2.11. The van der Waals surface area contributed by atoms with Gasteiger partial charge in [0.1, 0.15) is 0 Å². The van der Waals surface area contributed by atoms with Crippen LogP contribution in [0.15, 0.2) is 42.5 Å². The maximum absolute atomic E-state index is 12.2. The van der Waals surface area contributed by atoms with Gasteiger partial charge in [0, 0.05) is 11.6 Å². The van der Waals surface area contributed by atoms with Gasteiger partial charge in [-0.05, 0) is 35.9 Å². The van der Waals surface area contributed by atoms with Crippen molar-refractivity contribution in [3.63, 3.8) is 0 Å². The monoisotopic (exact) mass is 300 g/mol. The number of benzene rings is 2. The zero-order valence-electron chi connectivity index (χ0n) is 11.1. The predicted molar refractivity (Wildman–Crippen MR) is 81.6 cm³/mol. The Morgan fingerprint density at radius 1 is 1.29 bits per heavy atom. The molecule has 4 N–H and O–H groups in total. The smallest absolute Gasteiger partial charge is 0.253 e. The van der Waals surface area contributed by atoms with E-state index in [1.807, 2.05) is 6.07 Å². The fourth-order valence-electron chi connectivity index (χ4n) is 1.86. The van der Waals surface area contributed by atoms with Crippen molar-refractivity contribution in [2.24, 2.45) is 5.84 Å². The SMILES string of the molecule is N#Cc1cccc(CNC(=O)c2cc(Cl)ccc2NN)c1. The van der Waals surface area contributed by atoms with Gasteiger partial charge in [-0.1, -0.05) is 23.7 Å². The third kappa shape index (κ3) is 3.72. The normalized spacial score (nSPS) is 9.76. The number of hydrogen-bond donors (Lipinski definition) is 3. The zero-order valence-corrected chi connectivity index (χ0v) is 11.8. The summed E-state index contributed by atoms with van der Waals surface area (Å²) in [5.41, 5.74) is 4.70. The van der Waals surface area contributed by atoms with Crippen molar-refractivity contribution in [1.82, 2.24) is 5.32 Å². The van der Waals surface area contributed by atoms with Crippen molar-refractivity contribution in [3.8, 4) is 6.07 Å². The predicted octanol–water partition coefficient (Wildman–Crippen LogP) is 2.43. The molecule has 0 radical (unpaired) electrons. The van der Waals surface area contributed by atoms with E-state index in [2.05, 4.69) is 16.8 Å². The van der Waals surface area contributed by atoms with Gasteiger partial charge in [0.2, 0.25) is 0 Å². The molecule has 0 aliphatic heterocycles. The Labute approximate surface area is 127 Å². The average molecular weight is 301 g/mol. The zero-order chi connectivity index (χ0) is 15.2. The van der Waals surface area contributed by atoms with Crippen molar-refractivity contribution in [2.75, 3.05) is 5.43 Å². The summed E-state index contributed by atoms with van der Waals surface area (Å²) < 4.78 is 0. The average Bonchev–Trinajstić information content (AvgIpc) is 2.52. The summed E-state index contributed by atoms with van der Waals surface area (Å²) in [6.45, 7) is 0.310. The second-order valence-electron chi connectivity index (χ2n) is 4.33. The number of nitrogen functional groups attached to an aromatic ring is 1. The van der Waals surface area contributed by atoms with E-state index in [1.54, 1.807) is 30.3 Å². The van der Waals surface area contributed by atoms with Crippen LogP contribution in [0, 0.1) is 11.3 Å². The molecule has 0 aliphatic carbocycles. The van der Waals surface area contributed by atoms with E-state index < -0.39 is 0 Å². The molecule has 0 aromatic heterocycles. The van der Waals surface area contributed by atoms with E-state index >= 15 is 0 Å². The first kappa shape index (κ1) is 14.9. The van der Waals surface area contributed by atoms with Crippen LogP contribution in [0.4, 0.5) is 5.69 Å². The molecule has 21 heavy (non-hydrogen) atoms. The second-order valence-corrected chi connectivity index (χ2v) is 4.77. The lowest BCUT2D eigenvalue weighted by Gasteiger charge is -2.10. The van der Waals surface area contributed by atoms with Crippen LogP contribution in [0.2, 0.25) is 5.02 Å². The summed E-state index contributed by atoms with van der Waals surface area (Å²) in [6.07, 6.45) is 0. The number of rotatable bonds is 4. The van der Waals surface area contributed by atoms with Gasteiger partial charge in [-0.3, -0.25) is 10.6 Å². The number of carbonyl (C=O) groups excluding carboxylic acids is 1. The van der Waals surface area contributed by atoms with Gasteiger partial charge < -0.3 is 10.7 Å². The highest BCUT2D eigenvalue weighted by Crippen LogP contribution is 2.19. The van der Waals surface area contributed by atoms with Crippen LogP contribution < -0.4 is 16.6 Å². The molecule has 2 aromatic carbocycles. The van der Waals surface area contributed by atoms with Gasteiger partial charge in [-0.2, -0.15) is 5.26 Å². The van der Waals surface area contributed by atoms with E-state index in [-0.39, 0.29) is 5.91 Å². The van der Waals surface area contributed by atoms with Crippen molar-refractivity contribution in [1.29, 1.82) is 5.26 Å². The molecule has 0 bridgehead atoms. The fraction of sp³-hybridized carbons (Fsp3) is 0.0667. The highest BCUT2D eigenvalue weighted by molar-refractivity contribution is 6.31. The van der Waals surface area contributed by atoms with Gasteiger partial charge >= 0.3 is 0 Å². The van der Waals surface area contributed by atoms with Crippen molar-refractivity contribution >= 4 is 23.2 Å². The first-order chi connectivity index (χ1) is 10.1. The summed E-state index contributed by atoms with van der Waals surface area (Å²) in [7, 11) is 0. The lowest BCUT2D eigenvalue weighted by molar-refractivity contribution is 0.0951. The Morgan fingerprint density at radius 2 is 2.10 bits per heavy atom. The van der Waals surface area contributed by atoms with Crippen LogP contribution >= 0.6 is 11.6 Å². The van der Waals surface area contributed by atoms with Crippen LogP contribution in [0.25, 0.3) is 0 Å². The molecule has 1 amide bonds. The first-order valence-corrected chi connectivity index (χ1v) is 6.55. The van der Waals surface area contributed by atoms with Crippen LogP contribution in [-0.4, -0.2) is 5.91 Å². The minimum Gasteiger partial charge on any atom is -0.348 e. The molecule has 2 aromatic rings. The third-order valence-electron chi connectivity index (χ3n) is 2.89. The second kappa shape index (κ2) is 6.75. The van der Waals surface area contributed by atoms with E-state index in [0.29, 0.717) is 28.4 Å². The molecule has 0 saturated heterocycles. The number of amides is 1. The number of nitrogens with zero attached hydrogens (tertiary/aromatic N) is 1. The minimum atomic E-state index is -0.298. The van der Waals surface area contributed by atoms with Gasteiger partial charge in [-0.25, -0.2) is 0 Å². The Kier molecular flexibility index (Phi) is 4.77. The molecule has 5 nitrogen and oxygen atoms in total. The maximum atomic E-state index is 12.2. The molecular weight excluding hydrogens is 288 g/mol. The summed E-state index contributed by atoms with van der Waals surface area (Å²) in [5.74, 6) is 5.08. The molecule has 0 unspecified atom stereocenters. The quantitative estimate of drug-likeness (QED) is 0.597. The first-order valence-electron chi connectivity index (χ1n) is 6.17. The summed E-state index contributed by atoms with van der Waals surface area (Å²) >= 11 is 5.89. The number of nitriles is 1. The molecular formula is C15H13ClN4O.